The molecule has 0 bridgehead atoms. The first-order valence-electron chi connectivity index (χ1n) is 9.74. The van der Waals surface area contributed by atoms with E-state index in [2.05, 4.69) is 62.9 Å². The lowest BCUT2D eigenvalue weighted by molar-refractivity contribution is 0.476. The fourth-order valence-electron chi connectivity index (χ4n) is 3.71. The van der Waals surface area contributed by atoms with E-state index in [0.29, 0.717) is 5.75 Å². The van der Waals surface area contributed by atoms with Crippen LogP contribution in [0.5, 0.6) is 5.75 Å². The quantitative estimate of drug-likeness (QED) is 0.346. The van der Waals surface area contributed by atoms with Gasteiger partial charge in [0, 0.05) is 15.9 Å². The number of aromatic hydroxyl groups is 1. The minimum absolute atomic E-state index is 0.234. The highest BCUT2D eigenvalue weighted by Gasteiger charge is 2.25. The van der Waals surface area contributed by atoms with Gasteiger partial charge in [-0.15, -0.1) is 12.6 Å². The van der Waals surface area contributed by atoms with Gasteiger partial charge in [-0.05, 0) is 52.1 Å². The number of hydrogen-bond acceptors (Lipinski definition) is 2. The van der Waals surface area contributed by atoms with Crippen molar-refractivity contribution in [3.63, 3.8) is 0 Å². The molecular formula is C27H24OS. The molecule has 2 heteroatoms. The molecule has 1 nitrogen and oxygen atoms in total. The second kappa shape index (κ2) is 7.81. The van der Waals surface area contributed by atoms with Crippen molar-refractivity contribution in [1.29, 1.82) is 0 Å². The van der Waals surface area contributed by atoms with Gasteiger partial charge in [0.15, 0.2) is 0 Å². The zero-order chi connectivity index (χ0) is 20.4. The van der Waals surface area contributed by atoms with E-state index < -0.39 is 0 Å². The Hall–Kier alpha value is -2.97. The van der Waals surface area contributed by atoms with Crippen molar-refractivity contribution in [2.45, 2.75) is 24.2 Å². The Labute approximate surface area is 178 Å². The molecule has 0 amide bonds. The lowest BCUT2D eigenvalue weighted by atomic mass is 9.76. The molecule has 0 aromatic heterocycles. The van der Waals surface area contributed by atoms with Gasteiger partial charge in [-0.25, -0.2) is 0 Å². The molecule has 0 fully saturated rings. The average Bonchev–Trinajstić information content (AvgIpc) is 2.75. The van der Waals surface area contributed by atoms with Gasteiger partial charge in [-0.1, -0.05) is 86.6 Å². The van der Waals surface area contributed by atoms with E-state index in [0.717, 1.165) is 32.7 Å². The smallest absolute Gasteiger partial charge is 0.123 e. The Morgan fingerprint density at radius 1 is 0.621 bits per heavy atom. The summed E-state index contributed by atoms with van der Waals surface area (Å²) in [7, 11) is 0. The Bertz CT molecular complexity index is 1040. The first-order valence-corrected chi connectivity index (χ1v) is 10.2. The standard InChI is InChI=1S/C27H24OS/c1-27(2,21-13-15-25(28)23(17-21)19-9-5-3-6-10-19)22-14-16-26(29)24(18-22)20-11-7-4-8-12-20/h3-18,28-29H,1-2H3. The van der Waals surface area contributed by atoms with E-state index in [-0.39, 0.29) is 5.41 Å². The SMILES string of the molecule is CC(C)(c1ccc(O)c(-c2ccccc2)c1)c1ccc(S)c(-c2ccccc2)c1. The number of hydrogen-bond donors (Lipinski definition) is 2. The predicted octanol–water partition coefficient (Wildman–Crippen LogP) is 7.34. The summed E-state index contributed by atoms with van der Waals surface area (Å²) in [5.74, 6) is 0.298. The summed E-state index contributed by atoms with van der Waals surface area (Å²) in [4.78, 5) is 0.964. The topological polar surface area (TPSA) is 20.2 Å². The van der Waals surface area contributed by atoms with Gasteiger partial charge in [0.25, 0.3) is 0 Å². The van der Waals surface area contributed by atoms with Crippen molar-refractivity contribution in [1.82, 2.24) is 0 Å². The zero-order valence-electron chi connectivity index (χ0n) is 16.6. The van der Waals surface area contributed by atoms with E-state index in [1.807, 2.05) is 54.6 Å². The summed E-state index contributed by atoms with van der Waals surface area (Å²) in [5, 5.41) is 10.4. The average molecular weight is 397 g/mol. The molecule has 0 heterocycles. The molecule has 0 aliphatic carbocycles. The molecule has 4 rings (SSSR count). The number of benzene rings is 4. The van der Waals surface area contributed by atoms with Gasteiger partial charge in [-0.2, -0.15) is 0 Å². The van der Waals surface area contributed by atoms with E-state index in [1.54, 1.807) is 6.07 Å². The molecule has 0 unspecified atom stereocenters. The third-order valence-corrected chi connectivity index (χ3v) is 6.00. The maximum Gasteiger partial charge on any atom is 0.123 e. The van der Waals surface area contributed by atoms with Gasteiger partial charge in [0.1, 0.15) is 5.75 Å². The molecule has 0 aliphatic heterocycles. The summed E-state index contributed by atoms with van der Waals surface area (Å²) in [6, 6.07) is 32.7. The Morgan fingerprint density at radius 2 is 1.10 bits per heavy atom. The van der Waals surface area contributed by atoms with Crippen LogP contribution in [0.4, 0.5) is 0 Å². The van der Waals surface area contributed by atoms with Crippen molar-refractivity contribution in [2.75, 3.05) is 0 Å². The monoisotopic (exact) mass is 396 g/mol. The van der Waals surface area contributed by atoms with Crippen LogP contribution in [0.3, 0.4) is 0 Å². The fraction of sp³-hybridized carbons (Fsp3) is 0.111. The third-order valence-electron chi connectivity index (χ3n) is 5.61. The fourth-order valence-corrected chi connectivity index (χ4v) is 3.98. The normalized spacial score (nSPS) is 11.4. The van der Waals surface area contributed by atoms with Crippen molar-refractivity contribution < 1.29 is 5.11 Å². The van der Waals surface area contributed by atoms with Gasteiger partial charge < -0.3 is 5.11 Å². The molecular weight excluding hydrogens is 372 g/mol. The van der Waals surface area contributed by atoms with Crippen LogP contribution in [-0.2, 0) is 5.41 Å². The minimum Gasteiger partial charge on any atom is -0.507 e. The second-order valence-electron chi connectivity index (χ2n) is 7.82. The molecule has 0 atom stereocenters. The Kier molecular flexibility index (Phi) is 5.21. The zero-order valence-corrected chi connectivity index (χ0v) is 17.5. The highest BCUT2D eigenvalue weighted by Crippen LogP contribution is 2.39. The maximum atomic E-state index is 10.4. The van der Waals surface area contributed by atoms with Crippen LogP contribution in [0, 0.1) is 0 Å². The molecule has 0 saturated carbocycles. The lowest BCUT2D eigenvalue weighted by Crippen LogP contribution is -2.19. The largest absolute Gasteiger partial charge is 0.507 e. The second-order valence-corrected chi connectivity index (χ2v) is 8.30. The molecule has 4 aromatic rings. The first kappa shape index (κ1) is 19.4. The van der Waals surface area contributed by atoms with Crippen molar-refractivity contribution in [2.24, 2.45) is 0 Å². The van der Waals surface area contributed by atoms with Crippen molar-refractivity contribution in [3.05, 3.63) is 108 Å². The molecule has 0 spiro atoms. The van der Waals surface area contributed by atoms with Gasteiger partial charge in [0.2, 0.25) is 0 Å². The summed E-state index contributed by atoms with van der Waals surface area (Å²) in [5.41, 5.74) is 6.28. The van der Waals surface area contributed by atoms with E-state index in [1.165, 1.54) is 5.56 Å². The third kappa shape index (κ3) is 3.81. The van der Waals surface area contributed by atoms with Crippen LogP contribution < -0.4 is 0 Å². The van der Waals surface area contributed by atoms with E-state index in [9.17, 15) is 5.11 Å². The predicted molar refractivity (Wildman–Crippen MR) is 125 cm³/mol. The summed E-state index contributed by atoms with van der Waals surface area (Å²) >= 11 is 4.68. The van der Waals surface area contributed by atoms with Gasteiger partial charge in [-0.3, -0.25) is 0 Å². The van der Waals surface area contributed by atoms with Gasteiger partial charge in [0.05, 0.1) is 0 Å². The molecule has 0 saturated heterocycles. The Balaban J connectivity index is 1.80. The summed E-state index contributed by atoms with van der Waals surface area (Å²) in [6.07, 6.45) is 0. The number of phenolic OH excluding ortho intramolecular Hbond substituents is 1. The molecule has 1 N–H and O–H groups in total. The molecule has 0 aliphatic rings. The van der Waals surface area contributed by atoms with Crippen LogP contribution in [0.15, 0.2) is 102 Å². The van der Waals surface area contributed by atoms with Crippen LogP contribution in [0.1, 0.15) is 25.0 Å². The Morgan fingerprint density at radius 3 is 1.69 bits per heavy atom. The molecule has 144 valence electrons. The molecule has 29 heavy (non-hydrogen) atoms. The van der Waals surface area contributed by atoms with Crippen LogP contribution >= 0.6 is 12.6 Å². The number of thiol groups is 1. The van der Waals surface area contributed by atoms with Crippen LogP contribution in [-0.4, -0.2) is 5.11 Å². The highest BCUT2D eigenvalue weighted by atomic mass is 32.1. The molecule has 0 radical (unpaired) electrons. The van der Waals surface area contributed by atoms with Crippen molar-refractivity contribution in [3.8, 4) is 28.0 Å². The van der Waals surface area contributed by atoms with E-state index >= 15 is 0 Å². The van der Waals surface area contributed by atoms with Gasteiger partial charge >= 0.3 is 0 Å². The number of rotatable bonds is 4. The lowest BCUT2D eigenvalue weighted by Gasteiger charge is -2.28. The summed E-state index contributed by atoms with van der Waals surface area (Å²) in [6.45, 7) is 4.44. The summed E-state index contributed by atoms with van der Waals surface area (Å²) < 4.78 is 0. The van der Waals surface area contributed by atoms with Crippen molar-refractivity contribution >= 4 is 12.6 Å². The molecule has 4 aromatic carbocycles. The minimum atomic E-state index is -0.234. The van der Waals surface area contributed by atoms with E-state index in [4.69, 9.17) is 0 Å². The highest BCUT2D eigenvalue weighted by molar-refractivity contribution is 7.80. The first-order chi connectivity index (χ1) is 14.0. The number of phenols is 1. The van der Waals surface area contributed by atoms with Crippen LogP contribution in [0.2, 0.25) is 0 Å². The maximum absolute atomic E-state index is 10.4. The van der Waals surface area contributed by atoms with Crippen LogP contribution in [0.25, 0.3) is 22.3 Å².